The van der Waals surface area contributed by atoms with E-state index in [9.17, 15) is 5.11 Å². The van der Waals surface area contributed by atoms with E-state index in [4.69, 9.17) is 4.74 Å². The van der Waals surface area contributed by atoms with Crippen molar-refractivity contribution < 1.29 is 9.84 Å². The first-order valence-electron chi connectivity index (χ1n) is 8.27. The van der Waals surface area contributed by atoms with Gasteiger partial charge in [0, 0.05) is 12.6 Å². The molecule has 0 heterocycles. The van der Waals surface area contributed by atoms with E-state index >= 15 is 0 Å². The lowest BCUT2D eigenvalue weighted by Crippen LogP contribution is -2.37. The fourth-order valence-electron chi connectivity index (χ4n) is 2.94. The Labute approximate surface area is 128 Å². The highest BCUT2D eigenvalue weighted by Crippen LogP contribution is 2.22. The normalized spacial score (nSPS) is 24.5. The van der Waals surface area contributed by atoms with E-state index in [-0.39, 0.29) is 0 Å². The summed E-state index contributed by atoms with van der Waals surface area (Å²) in [4.78, 5) is 0. The Kier molecular flexibility index (Phi) is 7.20. The van der Waals surface area contributed by atoms with Crippen molar-refractivity contribution in [3.63, 3.8) is 0 Å². The van der Waals surface area contributed by atoms with Crippen molar-refractivity contribution in [3.05, 3.63) is 35.9 Å². The highest BCUT2D eigenvalue weighted by molar-refractivity contribution is 5.13. The van der Waals surface area contributed by atoms with Gasteiger partial charge in [-0.3, -0.25) is 0 Å². The summed E-state index contributed by atoms with van der Waals surface area (Å²) in [6.07, 6.45) is 6.01. The van der Waals surface area contributed by atoms with Gasteiger partial charge in [0.25, 0.3) is 0 Å². The van der Waals surface area contributed by atoms with Gasteiger partial charge in [0.1, 0.15) is 0 Å². The molecule has 1 aromatic rings. The Bertz CT molecular complexity index is 382. The topological polar surface area (TPSA) is 41.5 Å². The van der Waals surface area contributed by atoms with Crippen molar-refractivity contribution >= 4 is 0 Å². The minimum atomic E-state index is -0.422. The van der Waals surface area contributed by atoms with E-state index in [0.29, 0.717) is 25.8 Å². The number of hydrogen-bond donors (Lipinski definition) is 2. The third kappa shape index (κ3) is 6.60. The minimum absolute atomic E-state index is 0.394. The molecule has 1 aromatic carbocycles. The number of aliphatic hydroxyl groups excluding tert-OH is 1. The third-order valence-corrected chi connectivity index (χ3v) is 4.32. The Balaban J connectivity index is 1.58. The monoisotopic (exact) mass is 291 g/mol. The Hall–Kier alpha value is -0.900. The first kappa shape index (κ1) is 16.5. The summed E-state index contributed by atoms with van der Waals surface area (Å²) in [5.41, 5.74) is 1.15. The smallest absolute Gasteiger partial charge is 0.0897 e. The average Bonchev–Trinajstić information content (AvgIpc) is 2.71. The van der Waals surface area contributed by atoms with Crippen LogP contribution in [0.15, 0.2) is 30.3 Å². The molecule has 2 N–H and O–H groups in total. The van der Waals surface area contributed by atoms with Crippen molar-refractivity contribution in [2.75, 3.05) is 13.2 Å². The zero-order chi connectivity index (χ0) is 14.9. The van der Waals surface area contributed by atoms with Crippen LogP contribution in [0.2, 0.25) is 0 Å². The summed E-state index contributed by atoms with van der Waals surface area (Å²) in [6, 6.07) is 10.6. The second-order valence-electron chi connectivity index (χ2n) is 6.37. The molecule has 3 heteroatoms. The molecular formula is C18H29NO2. The molecule has 1 fully saturated rings. The lowest BCUT2D eigenvalue weighted by atomic mass is 10.0. The van der Waals surface area contributed by atoms with Gasteiger partial charge in [0.2, 0.25) is 0 Å². The standard InChI is InChI=1S/C18H29NO2/c1-15-6-5-9-17(11-10-15)19-12-18(20)14-21-13-16-7-3-2-4-8-16/h2-4,7-8,15,17-20H,5-6,9-14H2,1H3. The van der Waals surface area contributed by atoms with E-state index in [1.807, 2.05) is 30.3 Å². The van der Waals surface area contributed by atoms with Crippen molar-refractivity contribution in [1.82, 2.24) is 5.32 Å². The fraction of sp³-hybridized carbons (Fsp3) is 0.667. The van der Waals surface area contributed by atoms with Crippen molar-refractivity contribution in [1.29, 1.82) is 0 Å². The molecule has 1 aliphatic carbocycles. The molecule has 3 nitrogen and oxygen atoms in total. The second-order valence-corrected chi connectivity index (χ2v) is 6.37. The summed E-state index contributed by atoms with van der Waals surface area (Å²) in [5, 5.41) is 13.5. The Morgan fingerprint density at radius 1 is 1.19 bits per heavy atom. The molecule has 0 saturated heterocycles. The third-order valence-electron chi connectivity index (χ3n) is 4.32. The van der Waals surface area contributed by atoms with Gasteiger partial charge in [-0.1, -0.05) is 50.1 Å². The van der Waals surface area contributed by atoms with Crippen LogP contribution in [0.25, 0.3) is 0 Å². The van der Waals surface area contributed by atoms with Gasteiger partial charge in [-0.15, -0.1) is 0 Å². The molecule has 0 bridgehead atoms. The van der Waals surface area contributed by atoms with E-state index in [1.165, 1.54) is 32.1 Å². The van der Waals surface area contributed by atoms with Crippen LogP contribution < -0.4 is 5.32 Å². The summed E-state index contributed by atoms with van der Waals surface area (Å²) < 4.78 is 5.57. The molecule has 1 aliphatic rings. The Morgan fingerprint density at radius 2 is 2.00 bits per heavy atom. The number of benzene rings is 1. The molecule has 0 aliphatic heterocycles. The maximum atomic E-state index is 9.99. The number of hydrogen-bond acceptors (Lipinski definition) is 3. The first-order valence-corrected chi connectivity index (χ1v) is 8.27. The van der Waals surface area contributed by atoms with Crippen LogP contribution in [0, 0.1) is 5.92 Å². The zero-order valence-electron chi connectivity index (χ0n) is 13.1. The maximum absolute atomic E-state index is 9.99. The second kappa shape index (κ2) is 9.19. The van der Waals surface area contributed by atoms with Gasteiger partial charge >= 0.3 is 0 Å². The van der Waals surface area contributed by atoms with E-state index in [1.54, 1.807) is 0 Å². The van der Waals surface area contributed by atoms with Crippen LogP contribution in [-0.4, -0.2) is 30.4 Å². The fourth-order valence-corrected chi connectivity index (χ4v) is 2.94. The van der Waals surface area contributed by atoms with Crippen molar-refractivity contribution in [3.8, 4) is 0 Å². The van der Waals surface area contributed by atoms with Crippen LogP contribution in [-0.2, 0) is 11.3 Å². The van der Waals surface area contributed by atoms with Gasteiger partial charge in [0.05, 0.1) is 19.3 Å². The highest BCUT2D eigenvalue weighted by Gasteiger charge is 2.16. The lowest BCUT2D eigenvalue weighted by Gasteiger charge is -2.19. The van der Waals surface area contributed by atoms with Gasteiger partial charge in [-0.25, -0.2) is 0 Å². The van der Waals surface area contributed by atoms with Crippen LogP contribution in [0.4, 0.5) is 0 Å². The maximum Gasteiger partial charge on any atom is 0.0897 e. The molecule has 0 amide bonds. The van der Waals surface area contributed by atoms with Crippen LogP contribution in [0.3, 0.4) is 0 Å². The van der Waals surface area contributed by atoms with Gasteiger partial charge < -0.3 is 15.2 Å². The minimum Gasteiger partial charge on any atom is -0.389 e. The Morgan fingerprint density at radius 3 is 2.81 bits per heavy atom. The molecule has 0 radical (unpaired) electrons. The number of ether oxygens (including phenoxy) is 1. The summed E-state index contributed by atoms with van der Waals surface area (Å²) in [7, 11) is 0. The molecule has 21 heavy (non-hydrogen) atoms. The summed E-state index contributed by atoms with van der Waals surface area (Å²) in [5.74, 6) is 0.857. The van der Waals surface area contributed by atoms with Crippen LogP contribution in [0.1, 0.15) is 44.6 Å². The zero-order valence-corrected chi connectivity index (χ0v) is 13.1. The van der Waals surface area contributed by atoms with Gasteiger partial charge in [-0.2, -0.15) is 0 Å². The lowest BCUT2D eigenvalue weighted by molar-refractivity contribution is 0.0274. The van der Waals surface area contributed by atoms with Crippen molar-refractivity contribution in [2.45, 2.75) is 57.8 Å². The van der Waals surface area contributed by atoms with Crippen LogP contribution in [0.5, 0.6) is 0 Å². The molecule has 118 valence electrons. The highest BCUT2D eigenvalue weighted by atomic mass is 16.5. The summed E-state index contributed by atoms with van der Waals surface area (Å²) in [6.45, 7) is 3.94. The largest absolute Gasteiger partial charge is 0.389 e. The predicted octanol–water partition coefficient (Wildman–Crippen LogP) is 3.12. The van der Waals surface area contributed by atoms with Gasteiger partial charge in [0.15, 0.2) is 0 Å². The molecule has 3 atom stereocenters. The first-order chi connectivity index (χ1) is 10.2. The molecular weight excluding hydrogens is 262 g/mol. The van der Waals surface area contributed by atoms with E-state index in [0.717, 1.165) is 11.5 Å². The van der Waals surface area contributed by atoms with E-state index < -0.39 is 6.10 Å². The van der Waals surface area contributed by atoms with Crippen LogP contribution >= 0.6 is 0 Å². The average molecular weight is 291 g/mol. The number of rotatable bonds is 7. The molecule has 1 saturated carbocycles. The van der Waals surface area contributed by atoms with Crippen molar-refractivity contribution in [2.24, 2.45) is 5.92 Å². The van der Waals surface area contributed by atoms with Gasteiger partial charge in [-0.05, 0) is 30.7 Å². The summed E-state index contributed by atoms with van der Waals surface area (Å²) >= 11 is 0. The number of aliphatic hydroxyl groups is 1. The van der Waals surface area contributed by atoms with E-state index in [2.05, 4.69) is 12.2 Å². The quantitative estimate of drug-likeness (QED) is 0.758. The molecule has 2 rings (SSSR count). The predicted molar refractivity (Wildman–Crippen MR) is 86.1 cm³/mol. The molecule has 0 aromatic heterocycles. The molecule has 3 unspecified atom stereocenters. The molecule has 0 spiro atoms. The number of nitrogens with one attached hydrogen (secondary N) is 1. The SMILES string of the molecule is CC1CCCC(NCC(O)COCc2ccccc2)CC1.